The number of hydrogen-bond donors (Lipinski definition) is 1. The number of esters is 1. The fourth-order valence-electron chi connectivity index (χ4n) is 1.77. The molecule has 12 heavy (non-hydrogen) atoms. The van der Waals surface area contributed by atoms with Gasteiger partial charge in [-0.1, -0.05) is 12.8 Å². The third-order valence-corrected chi connectivity index (χ3v) is 2.72. The molecule has 0 aromatic rings. The molecule has 1 saturated carbocycles. The van der Waals surface area contributed by atoms with E-state index in [1.54, 1.807) is 0 Å². The average Bonchev–Trinajstić information content (AvgIpc) is 2.47. The van der Waals surface area contributed by atoms with Crippen LogP contribution in [-0.4, -0.2) is 25.2 Å². The summed E-state index contributed by atoms with van der Waals surface area (Å²) in [6.07, 6.45) is 4.64. The van der Waals surface area contributed by atoms with E-state index >= 15 is 0 Å². The molecule has 1 aliphatic carbocycles. The second kappa shape index (κ2) is 3.44. The molecule has 0 radical (unpaired) electrons. The first kappa shape index (κ1) is 8.05. The second-order valence-corrected chi connectivity index (χ2v) is 3.70. The summed E-state index contributed by atoms with van der Waals surface area (Å²) in [7, 11) is 0. The van der Waals surface area contributed by atoms with Crippen molar-refractivity contribution in [2.45, 2.75) is 31.8 Å². The number of nitrogens with one attached hydrogen (secondary N) is 1. The van der Waals surface area contributed by atoms with E-state index in [2.05, 4.69) is 5.32 Å². The molecule has 1 saturated heterocycles. The Morgan fingerprint density at radius 3 is 2.42 bits per heavy atom. The van der Waals surface area contributed by atoms with Crippen LogP contribution in [0.2, 0.25) is 0 Å². The maximum Gasteiger partial charge on any atom is 0.309 e. The van der Waals surface area contributed by atoms with Gasteiger partial charge >= 0.3 is 5.97 Å². The van der Waals surface area contributed by atoms with E-state index in [9.17, 15) is 4.79 Å². The Kier molecular flexibility index (Phi) is 2.30. The Morgan fingerprint density at radius 2 is 1.92 bits per heavy atom. The minimum absolute atomic E-state index is 0.0407. The molecular weight excluding hydrogens is 154 g/mol. The summed E-state index contributed by atoms with van der Waals surface area (Å²) >= 11 is 0. The number of carbonyl (C=O) groups excluding carboxylic acids is 1. The molecule has 68 valence electrons. The zero-order valence-electron chi connectivity index (χ0n) is 7.21. The van der Waals surface area contributed by atoms with Crippen LogP contribution in [0.15, 0.2) is 0 Å². The molecule has 0 unspecified atom stereocenters. The van der Waals surface area contributed by atoms with Crippen LogP contribution in [0, 0.1) is 5.92 Å². The lowest BCUT2D eigenvalue weighted by molar-refractivity contribution is -0.156. The third kappa shape index (κ3) is 1.61. The molecule has 1 heterocycles. The average molecular weight is 169 g/mol. The van der Waals surface area contributed by atoms with E-state index in [0.29, 0.717) is 0 Å². The maximum atomic E-state index is 11.4. The Balaban J connectivity index is 1.74. The van der Waals surface area contributed by atoms with Gasteiger partial charge in [0.25, 0.3) is 0 Å². The smallest absolute Gasteiger partial charge is 0.309 e. The van der Waals surface area contributed by atoms with Gasteiger partial charge < -0.3 is 10.1 Å². The van der Waals surface area contributed by atoms with E-state index in [4.69, 9.17) is 4.74 Å². The summed E-state index contributed by atoms with van der Waals surface area (Å²) in [5.74, 6) is 0.254. The Morgan fingerprint density at radius 1 is 1.25 bits per heavy atom. The van der Waals surface area contributed by atoms with E-state index in [0.717, 1.165) is 25.9 Å². The monoisotopic (exact) mass is 169 g/mol. The largest absolute Gasteiger partial charge is 0.459 e. The van der Waals surface area contributed by atoms with Crippen molar-refractivity contribution in [2.75, 3.05) is 13.1 Å². The predicted octanol–water partition coefficient (Wildman–Crippen LogP) is 0.692. The molecule has 0 aromatic carbocycles. The molecule has 0 amide bonds. The molecule has 3 heteroatoms. The fraction of sp³-hybridized carbons (Fsp3) is 0.889. The lowest BCUT2D eigenvalue weighted by Gasteiger charge is -2.27. The molecule has 0 bridgehead atoms. The minimum Gasteiger partial charge on any atom is -0.459 e. The predicted molar refractivity (Wildman–Crippen MR) is 44.7 cm³/mol. The molecule has 2 aliphatic rings. The van der Waals surface area contributed by atoms with Gasteiger partial charge in [0.15, 0.2) is 0 Å². The van der Waals surface area contributed by atoms with Crippen molar-refractivity contribution >= 4 is 5.97 Å². The van der Waals surface area contributed by atoms with Crippen molar-refractivity contribution in [3.63, 3.8) is 0 Å². The van der Waals surface area contributed by atoms with Crippen LogP contribution in [-0.2, 0) is 9.53 Å². The minimum atomic E-state index is 0.0407. The van der Waals surface area contributed by atoms with E-state index in [1.807, 2.05) is 0 Å². The Bertz CT molecular complexity index is 171. The highest BCUT2D eigenvalue weighted by molar-refractivity contribution is 5.73. The summed E-state index contributed by atoms with van der Waals surface area (Å²) < 4.78 is 5.27. The van der Waals surface area contributed by atoms with Crippen molar-refractivity contribution in [3.05, 3.63) is 0 Å². The molecular formula is C9H15NO2. The summed E-state index contributed by atoms with van der Waals surface area (Å²) in [6, 6.07) is 0. The molecule has 3 nitrogen and oxygen atoms in total. The molecule has 0 spiro atoms. The molecule has 0 aromatic heterocycles. The van der Waals surface area contributed by atoms with Gasteiger partial charge in [-0.25, -0.2) is 0 Å². The Labute approximate surface area is 72.5 Å². The highest BCUT2D eigenvalue weighted by Crippen LogP contribution is 2.26. The summed E-state index contributed by atoms with van der Waals surface area (Å²) in [5.41, 5.74) is 0. The lowest BCUT2D eigenvalue weighted by Crippen LogP contribution is -2.49. The van der Waals surface area contributed by atoms with Crippen molar-refractivity contribution in [1.29, 1.82) is 0 Å². The first-order valence-corrected chi connectivity index (χ1v) is 4.77. The van der Waals surface area contributed by atoms with Gasteiger partial charge in [0, 0.05) is 13.1 Å². The molecule has 1 aliphatic heterocycles. The van der Waals surface area contributed by atoms with Gasteiger partial charge in [-0.05, 0) is 12.8 Å². The van der Waals surface area contributed by atoms with Crippen LogP contribution < -0.4 is 5.32 Å². The third-order valence-electron chi connectivity index (χ3n) is 2.72. The van der Waals surface area contributed by atoms with Crippen LogP contribution in [0.25, 0.3) is 0 Å². The van der Waals surface area contributed by atoms with Crippen molar-refractivity contribution in [2.24, 2.45) is 5.92 Å². The summed E-state index contributed by atoms with van der Waals surface area (Å²) in [5, 5.41) is 3.08. The highest BCUT2D eigenvalue weighted by Gasteiger charge is 2.28. The summed E-state index contributed by atoms with van der Waals surface area (Å²) in [4.78, 5) is 11.4. The molecule has 2 rings (SSSR count). The van der Waals surface area contributed by atoms with Gasteiger partial charge in [-0.15, -0.1) is 0 Å². The zero-order valence-corrected chi connectivity index (χ0v) is 7.21. The number of hydrogen-bond acceptors (Lipinski definition) is 3. The van der Waals surface area contributed by atoms with Gasteiger partial charge in [-0.3, -0.25) is 4.79 Å². The zero-order chi connectivity index (χ0) is 8.39. The lowest BCUT2D eigenvalue weighted by atomic mass is 10.1. The molecule has 2 fully saturated rings. The Hall–Kier alpha value is -0.570. The maximum absolute atomic E-state index is 11.4. The summed E-state index contributed by atoms with van der Waals surface area (Å²) in [6.45, 7) is 1.69. The van der Waals surface area contributed by atoms with E-state index < -0.39 is 0 Å². The molecule has 1 N–H and O–H groups in total. The van der Waals surface area contributed by atoms with Gasteiger partial charge in [0.1, 0.15) is 6.10 Å². The van der Waals surface area contributed by atoms with E-state index in [-0.39, 0.29) is 18.0 Å². The number of rotatable bonds is 2. The van der Waals surface area contributed by atoms with Crippen molar-refractivity contribution < 1.29 is 9.53 Å². The normalized spacial score (nSPS) is 25.3. The fourth-order valence-corrected chi connectivity index (χ4v) is 1.77. The van der Waals surface area contributed by atoms with Gasteiger partial charge in [0.2, 0.25) is 0 Å². The first-order valence-electron chi connectivity index (χ1n) is 4.77. The van der Waals surface area contributed by atoms with Gasteiger partial charge in [-0.2, -0.15) is 0 Å². The van der Waals surface area contributed by atoms with Crippen LogP contribution >= 0.6 is 0 Å². The van der Waals surface area contributed by atoms with Crippen molar-refractivity contribution in [1.82, 2.24) is 5.32 Å². The van der Waals surface area contributed by atoms with Crippen LogP contribution in [0.3, 0.4) is 0 Å². The number of carbonyl (C=O) groups is 1. The van der Waals surface area contributed by atoms with Crippen LogP contribution in [0.5, 0.6) is 0 Å². The second-order valence-electron chi connectivity index (χ2n) is 3.70. The highest BCUT2D eigenvalue weighted by atomic mass is 16.5. The van der Waals surface area contributed by atoms with E-state index in [1.165, 1.54) is 12.8 Å². The SMILES string of the molecule is O=C(OC1CNC1)C1CCCC1. The van der Waals surface area contributed by atoms with Crippen LogP contribution in [0.1, 0.15) is 25.7 Å². The van der Waals surface area contributed by atoms with Crippen LogP contribution in [0.4, 0.5) is 0 Å². The molecule has 0 atom stereocenters. The quantitative estimate of drug-likeness (QED) is 0.618. The standard InChI is InChI=1S/C9H15NO2/c11-9(7-3-1-2-4-7)12-8-5-10-6-8/h7-8,10H,1-6H2. The first-order chi connectivity index (χ1) is 5.86. The number of ether oxygens (including phenoxy) is 1. The van der Waals surface area contributed by atoms with Gasteiger partial charge in [0.05, 0.1) is 5.92 Å². The topological polar surface area (TPSA) is 38.3 Å². The van der Waals surface area contributed by atoms with Crippen molar-refractivity contribution in [3.8, 4) is 0 Å².